The van der Waals surface area contributed by atoms with Crippen molar-refractivity contribution in [2.75, 3.05) is 0 Å². The summed E-state index contributed by atoms with van der Waals surface area (Å²) in [5, 5.41) is 16.2. The van der Waals surface area contributed by atoms with Crippen LogP contribution < -0.4 is 5.32 Å². The molecular weight excluding hydrogens is 258 g/mol. The first-order valence-corrected chi connectivity index (χ1v) is 7.07. The van der Waals surface area contributed by atoms with Crippen LogP contribution in [-0.4, -0.2) is 32.8 Å². The number of aryl methyl sites for hydroxylation is 2. The maximum Gasteiger partial charge on any atom is 0.306 e. The lowest BCUT2D eigenvalue weighted by Crippen LogP contribution is -2.39. The summed E-state index contributed by atoms with van der Waals surface area (Å²) in [6.07, 6.45) is 3.50. The molecule has 1 aromatic rings. The molecule has 0 radical (unpaired) electrons. The second kappa shape index (κ2) is 6.07. The van der Waals surface area contributed by atoms with Crippen LogP contribution in [0.15, 0.2) is 6.07 Å². The fourth-order valence-corrected chi connectivity index (χ4v) is 2.66. The van der Waals surface area contributed by atoms with Gasteiger partial charge in [-0.05, 0) is 38.2 Å². The van der Waals surface area contributed by atoms with Gasteiger partial charge >= 0.3 is 5.97 Å². The molecule has 0 saturated heterocycles. The predicted molar refractivity (Wildman–Crippen MR) is 73.4 cm³/mol. The summed E-state index contributed by atoms with van der Waals surface area (Å²) in [7, 11) is 1.76. The number of hydrogen-bond acceptors (Lipinski definition) is 3. The molecule has 1 fully saturated rings. The standard InChI is InChI=1S/C14H21N3O3/c1-3-10-8-12(17(2)16-10)13(18)15-11-6-4-9(5-7-11)14(19)20/h8-9,11H,3-7H2,1-2H3,(H,15,18)(H,19,20). The fraction of sp³-hybridized carbons (Fsp3) is 0.643. The molecular formula is C14H21N3O3. The Morgan fingerprint density at radius 1 is 1.40 bits per heavy atom. The number of carbonyl (C=O) groups excluding carboxylic acids is 1. The molecule has 0 atom stereocenters. The van der Waals surface area contributed by atoms with Crippen LogP contribution in [0.1, 0.15) is 48.8 Å². The summed E-state index contributed by atoms with van der Waals surface area (Å²) in [5.74, 6) is -1.11. The summed E-state index contributed by atoms with van der Waals surface area (Å²) < 4.78 is 1.59. The van der Waals surface area contributed by atoms with E-state index in [-0.39, 0.29) is 17.9 Å². The zero-order valence-electron chi connectivity index (χ0n) is 11.9. The molecule has 1 aliphatic carbocycles. The Morgan fingerprint density at radius 2 is 2.05 bits per heavy atom. The molecule has 0 spiro atoms. The highest BCUT2D eigenvalue weighted by molar-refractivity contribution is 5.92. The summed E-state index contributed by atoms with van der Waals surface area (Å²) in [5.41, 5.74) is 1.45. The molecule has 0 bridgehead atoms. The Hall–Kier alpha value is -1.85. The van der Waals surface area contributed by atoms with E-state index in [1.165, 1.54) is 0 Å². The molecule has 6 heteroatoms. The minimum atomic E-state index is -0.728. The summed E-state index contributed by atoms with van der Waals surface area (Å²) in [6, 6.07) is 1.87. The molecule has 1 saturated carbocycles. The maximum atomic E-state index is 12.2. The third kappa shape index (κ3) is 3.18. The highest BCUT2D eigenvalue weighted by Crippen LogP contribution is 2.24. The Bertz CT molecular complexity index is 502. The smallest absolute Gasteiger partial charge is 0.306 e. The van der Waals surface area contributed by atoms with Crippen molar-refractivity contribution in [3.63, 3.8) is 0 Å². The molecule has 0 aliphatic heterocycles. The third-order valence-electron chi connectivity index (χ3n) is 3.94. The van der Waals surface area contributed by atoms with E-state index >= 15 is 0 Å². The lowest BCUT2D eigenvalue weighted by molar-refractivity contribution is -0.142. The number of nitrogens with one attached hydrogen (secondary N) is 1. The lowest BCUT2D eigenvalue weighted by Gasteiger charge is -2.26. The quantitative estimate of drug-likeness (QED) is 0.871. The van der Waals surface area contributed by atoms with Crippen molar-refractivity contribution in [1.82, 2.24) is 15.1 Å². The van der Waals surface area contributed by atoms with Gasteiger partial charge in [-0.25, -0.2) is 0 Å². The van der Waals surface area contributed by atoms with Gasteiger partial charge in [0, 0.05) is 13.1 Å². The average Bonchev–Trinajstić information content (AvgIpc) is 2.80. The molecule has 110 valence electrons. The van der Waals surface area contributed by atoms with E-state index in [9.17, 15) is 9.59 Å². The number of aromatic nitrogens is 2. The molecule has 2 rings (SSSR count). The number of nitrogens with zero attached hydrogens (tertiary/aromatic N) is 2. The number of rotatable bonds is 4. The highest BCUT2D eigenvalue weighted by Gasteiger charge is 2.27. The van der Waals surface area contributed by atoms with Gasteiger partial charge in [0.05, 0.1) is 11.6 Å². The first-order chi connectivity index (χ1) is 9.51. The fourth-order valence-electron chi connectivity index (χ4n) is 2.66. The van der Waals surface area contributed by atoms with Crippen LogP contribution in [-0.2, 0) is 18.3 Å². The Morgan fingerprint density at radius 3 is 2.55 bits per heavy atom. The van der Waals surface area contributed by atoms with Crippen molar-refractivity contribution in [2.24, 2.45) is 13.0 Å². The van der Waals surface area contributed by atoms with Gasteiger partial charge in [-0.1, -0.05) is 6.92 Å². The summed E-state index contributed by atoms with van der Waals surface area (Å²) >= 11 is 0. The number of hydrogen-bond donors (Lipinski definition) is 2. The van der Waals surface area contributed by atoms with E-state index < -0.39 is 5.97 Å². The average molecular weight is 279 g/mol. The van der Waals surface area contributed by atoms with E-state index in [1.54, 1.807) is 17.8 Å². The molecule has 20 heavy (non-hydrogen) atoms. The van der Waals surface area contributed by atoms with Crippen molar-refractivity contribution in [1.29, 1.82) is 0 Å². The van der Waals surface area contributed by atoms with Gasteiger partial charge < -0.3 is 10.4 Å². The maximum absolute atomic E-state index is 12.2. The SMILES string of the molecule is CCc1cc(C(=O)NC2CCC(C(=O)O)CC2)n(C)n1. The van der Waals surface area contributed by atoms with Gasteiger partial charge in [0.1, 0.15) is 5.69 Å². The topological polar surface area (TPSA) is 84.2 Å². The summed E-state index contributed by atoms with van der Waals surface area (Å²) in [4.78, 5) is 23.1. The molecule has 0 unspecified atom stereocenters. The largest absolute Gasteiger partial charge is 0.481 e. The first-order valence-electron chi connectivity index (χ1n) is 7.07. The van der Waals surface area contributed by atoms with Crippen LogP contribution in [0.3, 0.4) is 0 Å². The Kier molecular flexibility index (Phi) is 4.42. The van der Waals surface area contributed by atoms with E-state index in [0.717, 1.165) is 25.0 Å². The number of carboxylic acids is 1. The molecule has 2 N–H and O–H groups in total. The minimum absolute atomic E-state index is 0.0677. The van der Waals surface area contributed by atoms with E-state index in [1.807, 2.05) is 6.92 Å². The van der Waals surface area contributed by atoms with Gasteiger partial charge in [-0.15, -0.1) is 0 Å². The van der Waals surface area contributed by atoms with Crippen LogP contribution >= 0.6 is 0 Å². The van der Waals surface area contributed by atoms with Crippen molar-refractivity contribution in [3.05, 3.63) is 17.5 Å². The first kappa shape index (κ1) is 14.6. The van der Waals surface area contributed by atoms with Crippen LogP contribution in [0.25, 0.3) is 0 Å². The zero-order chi connectivity index (χ0) is 14.7. The van der Waals surface area contributed by atoms with Crippen molar-refractivity contribution in [2.45, 2.75) is 45.1 Å². The molecule has 0 aromatic carbocycles. The molecule has 1 aromatic heterocycles. The Labute approximate surface area is 118 Å². The van der Waals surface area contributed by atoms with Crippen molar-refractivity contribution < 1.29 is 14.7 Å². The van der Waals surface area contributed by atoms with Crippen LogP contribution in [0.2, 0.25) is 0 Å². The second-order valence-corrected chi connectivity index (χ2v) is 5.36. The van der Waals surface area contributed by atoms with Gasteiger partial charge in [0.15, 0.2) is 0 Å². The third-order valence-corrected chi connectivity index (χ3v) is 3.94. The van der Waals surface area contributed by atoms with Crippen molar-refractivity contribution >= 4 is 11.9 Å². The Balaban J connectivity index is 1.92. The number of carboxylic acid groups (broad SMARTS) is 1. The zero-order valence-corrected chi connectivity index (χ0v) is 11.9. The number of amides is 1. The predicted octanol–water partition coefficient (Wildman–Crippen LogP) is 1.36. The van der Waals surface area contributed by atoms with E-state index in [2.05, 4.69) is 10.4 Å². The molecule has 1 aliphatic rings. The molecule has 6 nitrogen and oxygen atoms in total. The normalized spacial score (nSPS) is 22.5. The van der Waals surface area contributed by atoms with Crippen LogP contribution in [0.5, 0.6) is 0 Å². The van der Waals surface area contributed by atoms with Gasteiger partial charge in [-0.3, -0.25) is 14.3 Å². The molecule has 1 heterocycles. The van der Waals surface area contributed by atoms with Gasteiger partial charge in [0.2, 0.25) is 0 Å². The van der Waals surface area contributed by atoms with Gasteiger partial charge in [0.25, 0.3) is 5.91 Å². The van der Waals surface area contributed by atoms with E-state index in [4.69, 9.17) is 5.11 Å². The molecule has 1 amide bonds. The summed E-state index contributed by atoms with van der Waals surface area (Å²) in [6.45, 7) is 2.00. The van der Waals surface area contributed by atoms with Crippen molar-refractivity contribution in [3.8, 4) is 0 Å². The van der Waals surface area contributed by atoms with Crippen LogP contribution in [0.4, 0.5) is 0 Å². The lowest BCUT2D eigenvalue weighted by atomic mass is 9.86. The minimum Gasteiger partial charge on any atom is -0.481 e. The monoisotopic (exact) mass is 279 g/mol. The number of carbonyl (C=O) groups is 2. The van der Waals surface area contributed by atoms with E-state index in [0.29, 0.717) is 18.5 Å². The highest BCUT2D eigenvalue weighted by atomic mass is 16.4. The van der Waals surface area contributed by atoms with Crippen LogP contribution in [0, 0.1) is 5.92 Å². The number of aliphatic carboxylic acids is 1. The second-order valence-electron chi connectivity index (χ2n) is 5.36. The van der Waals surface area contributed by atoms with Gasteiger partial charge in [-0.2, -0.15) is 5.10 Å².